The van der Waals surface area contributed by atoms with Crippen LogP contribution in [0.4, 0.5) is 5.82 Å². The molecule has 1 N–H and O–H groups in total. The number of anilines is 1. The van der Waals surface area contributed by atoms with Crippen molar-refractivity contribution in [1.82, 2.24) is 9.97 Å². The van der Waals surface area contributed by atoms with Crippen LogP contribution in [0.25, 0.3) is 0 Å². The van der Waals surface area contributed by atoms with Crippen LogP contribution in [0.1, 0.15) is 15.3 Å². The average molecular weight is 333 g/mol. The predicted molar refractivity (Wildman–Crippen MR) is 75.9 cm³/mol. The van der Waals surface area contributed by atoms with E-state index >= 15 is 0 Å². The molecule has 0 bridgehead atoms. The summed E-state index contributed by atoms with van der Waals surface area (Å²) in [5.74, 6) is 0.716. The lowest BCUT2D eigenvalue weighted by molar-refractivity contribution is 1.09. The van der Waals surface area contributed by atoms with Gasteiger partial charge in [-0.25, -0.2) is 4.98 Å². The highest BCUT2D eigenvalue weighted by Crippen LogP contribution is 2.24. The van der Waals surface area contributed by atoms with E-state index < -0.39 is 0 Å². The zero-order valence-corrected chi connectivity index (χ0v) is 12.6. The molecule has 2 rings (SSSR count). The number of hydrogen-bond donors (Lipinski definition) is 1. The van der Waals surface area contributed by atoms with Crippen LogP contribution in [0.2, 0.25) is 5.28 Å². The molecule has 17 heavy (non-hydrogen) atoms. The van der Waals surface area contributed by atoms with E-state index in [-0.39, 0.29) is 5.28 Å². The number of nitrogens with one attached hydrogen (secondary N) is 1. The second-order valence-electron chi connectivity index (χ2n) is 3.64. The first-order chi connectivity index (χ1) is 8.06. The molecule has 90 valence electrons. The van der Waals surface area contributed by atoms with Gasteiger partial charge in [0.05, 0.1) is 11.0 Å². The standard InChI is InChI=1S/C11H11BrClN3S/c1-6-3-8(17-7(6)2)4-14-10-9(12)5-15-11(13)16-10/h3,5H,4H2,1-2H3,(H,14,15,16). The summed E-state index contributed by atoms with van der Waals surface area (Å²) in [5.41, 5.74) is 1.33. The summed E-state index contributed by atoms with van der Waals surface area (Å²) < 4.78 is 0.812. The van der Waals surface area contributed by atoms with Gasteiger partial charge in [0.1, 0.15) is 5.82 Å². The number of nitrogens with zero attached hydrogens (tertiary/aromatic N) is 2. The number of aryl methyl sites for hydroxylation is 2. The van der Waals surface area contributed by atoms with Crippen molar-refractivity contribution in [2.75, 3.05) is 5.32 Å². The molecule has 6 heteroatoms. The Morgan fingerprint density at radius 2 is 2.24 bits per heavy atom. The second-order valence-corrected chi connectivity index (χ2v) is 6.17. The molecule has 0 aliphatic rings. The average Bonchev–Trinajstić information content (AvgIpc) is 2.60. The summed E-state index contributed by atoms with van der Waals surface area (Å²) in [4.78, 5) is 10.6. The number of rotatable bonds is 3. The van der Waals surface area contributed by atoms with Crippen molar-refractivity contribution in [2.24, 2.45) is 0 Å². The van der Waals surface area contributed by atoms with Crippen LogP contribution >= 0.6 is 38.9 Å². The zero-order chi connectivity index (χ0) is 12.4. The molecule has 0 saturated carbocycles. The monoisotopic (exact) mass is 331 g/mol. The third-order valence-electron chi connectivity index (χ3n) is 2.36. The van der Waals surface area contributed by atoms with Crippen LogP contribution in [-0.2, 0) is 6.54 Å². The quantitative estimate of drug-likeness (QED) is 0.857. The Balaban J connectivity index is 2.09. The Morgan fingerprint density at radius 3 is 2.88 bits per heavy atom. The molecule has 0 fully saturated rings. The van der Waals surface area contributed by atoms with E-state index in [1.54, 1.807) is 17.5 Å². The lowest BCUT2D eigenvalue weighted by atomic mass is 10.3. The maximum Gasteiger partial charge on any atom is 0.224 e. The molecule has 2 heterocycles. The fourth-order valence-corrected chi connectivity index (χ4v) is 2.84. The van der Waals surface area contributed by atoms with Gasteiger partial charge in [0.15, 0.2) is 0 Å². The number of aromatic nitrogens is 2. The first kappa shape index (κ1) is 12.8. The molecular formula is C11H11BrClN3S. The van der Waals surface area contributed by atoms with Crippen molar-refractivity contribution >= 4 is 44.7 Å². The predicted octanol–water partition coefficient (Wildman–Crippen LogP) is 4.18. The fourth-order valence-electron chi connectivity index (χ4n) is 1.38. The van der Waals surface area contributed by atoms with Crippen LogP contribution in [0.5, 0.6) is 0 Å². The van der Waals surface area contributed by atoms with Gasteiger partial charge in [0.25, 0.3) is 0 Å². The molecule has 2 aromatic rings. The van der Waals surface area contributed by atoms with Gasteiger partial charge in [-0.15, -0.1) is 11.3 Å². The first-order valence-electron chi connectivity index (χ1n) is 5.04. The molecule has 0 aliphatic carbocycles. The smallest absolute Gasteiger partial charge is 0.224 e. The Morgan fingerprint density at radius 1 is 1.47 bits per heavy atom. The Hall–Kier alpha value is -0.650. The number of thiophene rings is 1. The lowest BCUT2D eigenvalue weighted by Gasteiger charge is -2.05. The minimum atomic E-state index is 0.245. The molecule has 0 unspecified atom stereocenters. The highest BCUT2D eigenvalue weighted by molar-refractivity contribution is 9.10. The number of halogens is 2. The summed E-state index contributed by atoms with van der Waals surface area (Å²) in [5, 5.41) is 3.48. The van der Waals surface area contributed by atoms with E-state index in [4.69, 9.17) is 11.6 Å². The molecule has 3 nitrogen and oxygen atoms in total. The van der Waals surface area contributed by atoms with Crippen LogP contribution in [0, 0.1) is 13.8 Å². The van der Waals surface area contributed by atoms with Gasteiger partial charge in [0, 0.05) is 16.0 Å². The van der Waals surface area contributed by atoms with Gasteiger partial charge in [-0.1, -0.05) is 0 Å². The lowest BCUT2D eigenvalue weighted by Crippen LogP contribution is -2.01. The molecule has 2 aromatic heterocycles. The molecule has 0 spiro atoms. The van der Waals surface area contributed by atoms with Gasteiger partial charge in [-0.2, -0.15) is 4.98 Å². The van der Waals surface area contributed by atoms with Crippen LogP contribution in [0.15, 0.2) is 16.7 Å². The molecule has 0 aromatic carbocycles. The summed E-state index contributed by atoms with van der Waals surface area (Å²) in [6.45, 7) is 4.99. The van der Waals surface area contributed by atoms with E-state index in [1.165, 1.54) is 15.3 Å². The highest BCUT2D eigenvalue weighted by atomic mass is 79.9. The Kier molecular flexibility index (Phi) is 4.01. The van der Waals surface area contributed by atoms with Gasteiger partial charge in [-0.3, -0.25) is 0 Å². The van der Waals surface area contributed by atoms with Gasteiger partial charge < -0.3 is 5.32 Å². The SMILES string of the molecule is Cc1cc(CNc2nc(Cl)ncc2Br)sc1C. The largest absolute Gasteiger partial charge is 0.364 e. The van der Waals surface area contributed by atoms with Crippen LogP contribution in [-0.4, -0.2) is 9.97 Å². The fraction of sp³-hybridized carbons (Fsp3) is 0.273. The van der Waals surface area contributed by atoms with Crippen molar-refractivity contribution in [1.29, 1.82) is 0 Å². The van der Waals surface area contributed by atoms with E-state index in [1.807, 2.05) is 0 Å². The van der Waals surface area contributed by atoms with Crippen molar-refractivity contribution in [2.45, 2.75) is 20.4 Å². The van der Waals surface area contributed by atoms with Crippen molar-refractivity contribution in [3.05, 3.63) is 37.3 Å². The minimum absolute atomic E-state index is 0.245. The summed E-state index contributed by atoms with van der Waals surface area (Å²) >= 11 is 10.9. The Bertz CT molecular complexity index is 522. The molecule has 0 radical (unpaired) electrons. The van der Waals surface area contributed by atoms with E-state index in [2.05, 4.69) is 51.1 Å². The van der Waals surface area contributed by atoms with Crippen LogP contribution < -0.4 is 5.32 Å². The normalized spacial score (nSPS) is 10.6. The van der Waals surface area contributed by atoms with E-state index in [0.29, 0.717) is 5.82 Å². The van der Waals surface area contributed by atoms with Gasteiger partial charge in [-0.05, 0) is 53.0 Å². The minimum Gasteiger partial charge on any atom is -0.364 e. The van der Waals surface area contributed by atoms with E-state index in [9.17, 15) is 0 Å². The molecule has 0 atom stereocenters. The summed E-state index contributed by atoms with van der Waals surface area (Å²) in [6.07, 6.45) is 1.64. The summed E-state index contributed by atoms with van der Waals surface area (Å²) in [7, 11) is 0. The molecule has 0 aliphatic heterocycles. The first-order valence-corrected chi connectivity index (χ1v) is 7.03. The second kappa shape index (κ2) is 5.33. The highest BCUT2D eigenvalue weighted by Gasteiger charge is 2.05. The Labute approximate surface area is 117 Å². The van der Waals surface area contributed by atoms with E-state index in [0.717, 1.165) is 11.0 Å². The third-order valence-corrected chi connectivity index (χ3v) is 4.28. The van der Waals surface area contributed by atoms with Gasteiger partial charge in [0.2, 0.25) is 5.28 Å². The third kappa shape index (κ3) is 3.18. The number of hydrogen-bond acceptors (Lipinski definition) is 4. The zero-order valence-electron chi connectivity index (χ0n) is 9.42. The topological polar surface area (TPSA) is 37.8 Å². The molecular weight excluding hydrogens is 322 g/mol. The maximum atomic E-state index is 5.75. The summed E-state index contributed by atoms with van der Waals surface area (Å²) in [6, 6.07) is 2.18. The van der Waals surface area contributed by atoms with Crippen LogP contribution in [0.3, 0.4) is 0 Å². The molecule has 0 saturated heterocycles. The van der Waals surface area contributed by atoms with Gasteiger partial charge >= 0.3 is 0 Å². The van der Waals surface area contributed by atoms with Crippen molar-refractivity contribution in [3.63, 3.8) is 0 Å². The van der Waals surface area contributed by atoms with Crippen molar-refractivity contribution in [3.8, 4) is 0 Å². The maximum absolute atomic E-state index is 5.75. The van der Waals surface area contributed by atoms with Crippen molar-refractivity contribution < 1.29 is 0 Å². The molecule has 0 amide bonds.